The van der Waals surface area contributed by atoms with Crippen LogP contribution in [0.2, 0.25) is 0 Å². The summed E-state index contributed by atoms with van der Waals surface area (Å²) >= 11 is 1.40. The van der Waals surface area contributed by atoms with E-state index in [1.807, 2.05) is 6.92 Å². The topological polar surface area (TPSA) is 64.0 Å². The minimum absolute atomic E-state index is 0.0102. The van der Waals surface area contributed by atoms with Crippen molar-refractivity contribution in [2.24, 2.45) is 7.05 Å². The van der Waals surface area contributed by atoms with E-state index in [1.54, 1.807) is 11.6 Å². The second kappa shape index (κ2) is 6.95. The molecule has 1 N–H and O–H groups in total. The van der Waals surface area contributed by atoms with Crippen molar-refractivity contribution in [1.82, 2.24) is 9.55 Å². The third-order valence-corrected chi connectivity index (χ3v) is 5.33. The van der Waals surface area contributed by atoms with Gasteiger partial charge in [-0.3, -0.25) is 9.59 Å². The third kappa shape index (κ3) is 3.18. The molecule has 2 aromatic rings. The molecule has 3 rings (SSSR count). The number of hydrogen-bond donors (Lipinski definition) is 1. The molecule has 1 aliphatic heterocycles. The standard InChI is InChI=1S/C17H17F2N3O2S/c1-3-7-25-17-21-16(24)13-10(8-12(23)20-15(13)22(17)2)9-5-4-6-11(18)14(9)19/h4-6,10H,3,7-8H2,1-2H3,(H,20,23)/t10-/m1/s1. The molecule has 0 spiro atoms. The lowest BCUT2D eigenvalue weighted by Gasteiger charge is -2.27. The molecule has 8 heteroatoms. The van der Waals surface area contributed by atoms with Crippen molar-refractivity contribution < 1.29 is 13.6 Å². The molecule has 25 heavy (non-hydrogen) atoms. The fourth-order valence-electron chi connectivity index (χ4n) is 2.91. The molecule has 5 nitrogen and oxygen atoms in total. The van der Waals surface area contributed by atoms with Gasteiger partial charge in [-0.1, -0.05) is 30.8 Å². The van der Waals surface area contributed by atoms with Crippen molar-refractivity contribution in [1.29, 1.82) is 0 Å². The van der Waals surface area contributed by atoms with Gasteiger partial charge in [-0.05, 0) is 18.1 Å². The fraction of sp³-hybridized carbons (Fsp3) is 0.353. The van der Waals surface area contributed by atoms with E-state index < -0.39 is 23.1 Å². The molecule has 0 bridgehead atoms. The average molecular weight is 365 g/mol. The number of amides is 1. The van der Waals surface area contributed by atoms with Crippen LogP contribution in [0.15, 0.2) is 28.2 Å². The van der Waals surface area contributed by atoms with E-state index in [2.05, 4.69) is 10.3 Å². The van der Waals surface area contributed by atoms with E-state index in [1.165, 1.54) is 23.9 Å². The number of carbonyl (C=O) groups is 1. The first-order valence-corrected chi connectivity index (χ1v) is 8.90. The molecule has 1 amide bonds. The molecule has 0 fully saturated rings. The highest BCUT2D eigenvalue weighted by Gasteiger charge is 2.34. The molecule has 1 aromatic carbocycles. The average Bonchev–Trinajstić information content (AvgIpc) is 2.58. The Balaban J connectivity index is 2.18. The highest BCUT2D eigenvalue weighted by molar-refractivity contribution is 7.99. The van der Waals surface area contributed by atoms with Gasteiger partial charge in [0.1, 0.15) is 5.82 Å². The molecule has 1 atom stereocenters. The van der Waals surface area contributed by atoms with Crippen molar-refractivity contribution >= 4 is 23.5 Å². The Hall–Kier alpha value is -2.22. The fourth-order valence-corrected chi connectivity index (χ4v) is 3.73. The van der Waals surface area contributed by atoms with Crippen molar-refractivity contribution in [2.75, 3.05) is 11.1 Å². The van der Waals surface area contributed by atoms with E-state index >= 15 is 0 Å². The van der Waals surface area contributed by atoms with Crippen LogP contribution in [0.25, 0.3) is 0 Å². The quantitative estimate of drug-likeness (QED) is 0.668. The number of aromatic nitrogens is 2. The van der Waals surface area contributed by atoms with Crippen LogP contribution in [0.5, 0.6) is 0 Å². The Bertz CT molecular complexity index is 898. The summed E-state index contributed by atoms with van der Waals surface area (Å²) in [6.07, 6.45) is 0.771. The summed E-state index contributed by atoms with van der Waals surface area (Å²) in [7, 11) is 1.69. The molecule has 0 unspecified atom stereocenters. The van der Waals surface area contributed by atoms with Gasteiger partial charge in [0.2, 0.25) is 5.91 Å². The molecule has 0 aliphatic carbocycles. The number of fused-ring (bicyclic) bond motifs is 1. The molecule has 2 heterocycles. The van der Waals surface area contributed by atoms with E-state index in [4.69, 9.17) is 0 Å². The van der Waals surface area contributed by atoms with Crippen LogP contribution in [0.3, 0.4) is 0 Å². The molecule has 0 saturated carbocycles. The van der Waals surface area contributed by atoms with Gasteiger partial charge < -0.3 is 9.88 Å². The van der Waals surface area contributed by atoms with E-state index in [0.29, 0.717) is 11.0 Å². The zero-order chi connectivity index (χ0) is 18.1. The van der Waals surface area contributed by atoms with Gasteiger partial charge in [0.05, 0.1) is 5.56 Å². The Kier molecular flexibility index (Phi) is 4.89. The minimum atomic E-state index is -1.04. The van der Waals surface area contributed by atoms with Crippen LogP contribution in [0.4, 0.5) is 14.6 Å². The zero-order valence-corrected chi connectivity index (χ0v) is 14.6. The molecular weight excluding hydrogens is 348 g/mol. The summed E-state index contributed by atoms with van der Waals surface area (Å²) in [4.78, 5) is 28.8. The van der Waals surface area contributed by atoms with E-state index in [0.717, 1.165) is 18.2 Å². The molecule has 1 aliphatic rings. The first-order valence-electron chi connectivity index (χ1n) is 7.91. The summed E-state index contributed by atoms with van der Waals surface area (Å²) in [6.45, 7) is 2.01. The first kappa shape index (κ1) is 17.6. The maximum absolute atomic E-state index is 14.2. The number of thioether (sulfide) groups is 1. The van der Waals surface area contributed by atoms with Crippen molar-refractivity contribution in [3.05, 3.63) is 51.3 Å². The second-order valence-electron chi connectivity index (χ2n) is 5.82. The van der Waals surface area contributed by atoms with E-state index in [9.17, 15) is 18.4 Å². The summed E-state index contributed by atoms with van der Waals surface area (Å²) in [5.74, 6) is -2.20. The number of carbonyl (C=O) groups excluding carboxylic acids is 1. The van der Waals surface area contributed by atoms with Gasteiger partial charge in [-0.25, -0.2) is 8.78 Å². The summed E-state index contributed by atoms with van der Waals surface area (Å²) in [6, 6.07) is 3.76. The maximum Gasteiger partial charge on any atom is 0.279 e. The van der Waals surface area contributed by atoms with Crippen molar-refractivity contribution in [3.63, 3.8) is 0 Å². The number of hydrogen-bond acceptors (Lipinski definition) is 4. The van der Waals surface area contributed by atoms with Crippen LogP contribution in [0, 0.1) is 11.6 Å². The lowest BCUT2D eigenvalue weighted by Crippen LogP contribution is -2.34. The summed E-state index contributed by atoms with van der Waals surface area (Å²) in [5.41, 5.74) is -0.350. The Morgan fingerprint density at radius 3 is 2.84 bits per heavy atom. The normalized spacial score (nSPS) is 16.5. The maximum atomic E-state index is 14.2. The highest BCUT2D eigenvalue weighted by atomic mass is 32.2. The lowest BCUT2D eigenvalue weighted by molar-refractivity contribution is -0.116. The lowest BCUT2D eigenvalue weighted by atomic mass is 9.86. The number of nitrogens with one attached hydrogen (secondary N) is 1. The smallest absolute Gasteiger partial charge is 0.279 e. The van der Waals surface area contributed by atoms with Gasteiger partial charge in [-0.2, -0.15) is 4.98 Å². The molecule has 0 radical (unpaired) electrons. The molecular formula is C17H17F2N3O2S. The Morgan fingerprint density at radius 1 is 1.36 bits per heavy atom. The van der Waals surface area contributed by atoms with Crippen LogP contribution in [0.1, 0.15) is 36.8 Å². The minimum Gasteiger partial charge on any atom is -0.312 e. The number of benzene rings is 1. The molecule has 0 saturated heterocycles. The highest BCUT2D eigenvalue weighted by Crippen LogP contribution is 2.37. The summed E-state index contributed by atoms with van der Waals surface area (Å²) in [5, 5.41) is 3.15. The van der Waals surface area contributed by atoms with Gasteiger partial charge in [-0.15, -0.1) is 0 Å². The van der Waals surface area contributed by atoms with Gasteiger partial charge in [0.15, 0.2) is 16.8 Å². The second-order valence-corrected chi connectivity index (χ2v) is 6.88. The Morgan fingerprint density at radius 2 is 2.12 bits per heavy atom. The third-order valence-electron chi connectivity index (χ3n) is 4.09. The monoisotopic (exact) mass is 365 g/mol. The zero-order valence-electron chi connectivity index (χ0n) is 13.8. The number of anilines is 1. The van der Waals surface area contributed by atoms with Gasteiger partial charge in [0, 0.05) is 25.1 Å². The van der Waals surface area contributed by atoms with E-state index in [-0.39, 0.29) is 23.5 Å². The number of rotatable bonds is 4. The van der Waals surface area contributed by atoms with Crippen LogP contribution in [-0.2, 0) is 11.8 Å². The molecule has 1 aromatic heterocycles. The van der Waals surface area contributed by atoms with Crippen molar-refractivity contribution in [3.8, 4) is 0 Å². The number of nitrogens with zero attached hydrogens (tertiary/aromatic N) is 2. The summed E-state index contributed by atoms with van der Waals surface area (Å²) < 4.78 is 29.5. The van der Waals surface area contributed by atoms with Crippen LogP contribution in [-0.4, -0.2) is 21.2 Å². The van der Waals surface area contributed by atoms with Crippen LogP contribution >= 0.6 is 11.8 Å². The van der Waals surface area contributed by atoms with Gasteiger partial charge >= 0.3 is 0 Å². The number of halogens is 2. The SMILES string of the molecule is CCCSc1nc(=O)c2c(n1C)NC(=O)C[C@@H]2c1cccc(F)c1F. The van der Waals surface area contributed by atoms with Crippen molar-refractivity contribution in [2.45, 2.75) is 30.8 Å². The van der Waals surface area contributed by atoms with Gasteiger partial charge in [0.25, 0.3) is 5.56 Å². The largest absolute Gasteiger partial charge is 0.312 e. The molecule has 132 valence electrons. The predicted octanol–water partition coefficient (Wildman–Crippen LogP) is 3.03. The predicted molar refractivity (Wildman–Crippen MR) is 91.9 cm³/mol. The first-order chi connectivity index (χ1) is 11.9. The van der Waals surface area contributed by atoms with Crippen LogP contribution < -0.4 is 10.9 Å². The Labute approximate surface area is 147 Å².